The highest BCUT2D eigenvalue weighted by Crippen LogP contribution is 2.32. The lowest BCUT2D eigenvalue weighted by Crippen LogP contribution is -2.54. The molecule has 10 nitrogen and oxygen atoms in total. The van der Waals surface area contributed by atoms with E-state index in [9.17, 15) is 19.2 Å². The number of nitrogens with zero attached hydrogens (tertiary/aromatic N) is 3. The Bertz CT molecular complexity index is 1100. The number of hydrogen-bond donors (Lipinski definition) is 3. The van der Waals surface area contributed by atoms with Crippen LogP contribution >= 0.6 is 11.5 Å². The van der Waals surface area contributed by atoms with Crippen LogP contribution < -0.4 is 16.0 Å². The molecule has 0 saturated carbocycles. The zero-order chi connectivity index (χ0) is 23.5. The minimum atomic E-state index is -0.967. The predicted octanol–water partition coefficient (Wildman–Crippen LogP) is 2.37. The first-order chi connectivity index (χ1) is 15.9. The molecular weight excluding hydrogens is 444 g/mol. The molecule has 1 unspecified atom stereocenters. The van der Waals surface area contributed by atoms with Gasteiger partial charge >= 0.3 is 0 Å². The second-order valence-corrected chi connectivity index (χ2v) is 9.10. The topological polar surface area (TPSA) is 133 Å². The molecule has 1 atom stereocenters. The van der Waals surface area contributed by atoms with Crippen molar-refractivity contribution in [3.63, 3.8) is 0 Å². The van der Waals surface area contributed by atoms with E-state index in [1.165, 1.54) is 11.5 Å². The van der Waals surface area contributed by atoms with E-state index in [1.807, 2.05) is 0 Å². The van der Waals surface area contributed by atoms with Crippen molar-refractivity contribution in [1.29, 1.82) is 0 Å². The third kappa shape index (κ3) is 4.72. The van der Waals surface area contributed by atoms with E-state index in [0.717, 1.165) is 35.2 Å². The van der Waals surface area contributed by atoms with Gasteiger partial charge in [-0.3, -0.25) is 29.4 Å². The van der Waals surface area contributed by atoms with Crippen molar-refractivity contribution in [1.82, 2.24) is 19.6 Å². The maximum atomic E-state index is 13.1. The van der Waals surface area contributed by atoms with Gasteiger partial charge in [0.1, 0.15) is 11.9 Å². The minimum Gasteiger partial charge on any atom is -0.384 e. The zero-order valence-electron chi connectivity index (χ0n) is 18.5. The van der Waals surface area contributed by atoms with Crippen LogP contribution in [0.25, 0.3) is 0 Å². The van der Waals surface area contributed by atoms with Crippen molar-refractivity contribution in [3.8, 4) is 0 Å². The van der Waals surface area contributed by atoms with Crippen LogP contribution in [0.5, 0.6) is 0 Å². The SMILES string of the molecule is CC(C)c1nsc(NCCCCNc2cccc3c2C(=O)N(C2CCC(=O)NC2=O)C3=O)n1. The van der Waals surface area contributed by atoms with Gasteiger partial charge in [0.25, 0.3) is 11.8 Å². The summed E-state index contributed by atoms with van der Waals surface area (Å²) in [5, 5.41) is 9.54. The summed E-state index contributed by atoms with van der Waals surface area (Å²) in [6.07, 6.45) is 1.96. The summed E-state index contributed by atoms with van der Waals surface area (Å²) < 4.78 is 4.32. The van der Waals surface area contributed by atoms with Crippen molar-refractivity contribution >= 4 is 46.0 Å². The lowest BCUT2D eigenvalue weighted by atomic mass is 10.0. The number of carbonyl (C=O) groups excluding carboxylic acids is 4. The average molecular weight is 471 g/mol. The number of piperidine rings is 1. The van der Waals surface area contributed by atoms with Crippen LogP contribution in [-0.4, -0.2) is 57.0 Å². The third-order valence-corrected chi connectivity index (χ3v) is 6.31. The Kier molecular flexibility index (Phi) is 6.68. The van der Waals surface area contributed by atoms with Gasteiger partial charge in [0, 0.05) is 42.6 Å². The summed E-state index contributed by atoms with van der Waals surface area (Å²) in [5.41, 5.74) is 1.12. The van der Waals surface area contributed by atoms with E-state index in [1.54, 1.807) is 18.2 Å². The predicted molar refractivity (Wildman–Crippen MR) is 123 cm³/mol. The van der Waals surface area contributed by atoms with Crippen LogP contribution in [0.2, 0.25) is 0 Å². The Balaban J connectivity index is 1.32. The first-order valence-corrected chi connectivity index (χ1v) is 11.8. The largest absolute Gasteiger partial charge is 0.384 e. The van der Waals surface area contributed by atoms with Crippen molar-refractivity contribution in [2.45, 2.75) is 51.5 Å². The van der Waals surface area contributed by atoms with Crippen molar-refractivity contribution in [3.05, 3.63) is 35.2 Å². The molecule has 0 bridgehead atoms. The van der Waals surface area contributed by atoms with Crippen molar-refractivity contribution in [2.24, 2.45) is 0 Å². The van der Waals surface area contributed by atoms with Gasteiger partial charge in [-0.15, -0.1) is 0 Å². The highest BCUT2D eigenvalue weighted by Gasteiger charge is 2.45. The van der Waals surface area contributed by atoms with E-state index in [4.69, 9.17) is 0 Å². The summed E-state index contributed by atoms with van der Waals surface area (Å²) in [6, 6.07) is 4.09. The molecule has 2 aliphatic rings. The highest BCUT2D eigenvalue weighted by molar-refractivity contribution is 7.09. The number of nitrogens with one attached hydrogen (secondary N) is 3. The quantitative estimate of drug-likeness (QED) is 0.376. The molecule has 1 aromatic carbocycles. The standard InChI is InChI=1S/C22H26N6O4S/c1-12(2)18-26-22(33-27-18)24-11-4-3-10-23-14-7-5-6-13-17(14)21(32)28(20(13)31)15-8-9-16(29)25-19(15)30/h5-7,12,15,23H,3-4,8-11H2,1-2H3,(H,24,26,27)(H,25,29,30). The molecule has 1 aromatic heterocycles. The van der Waals surface area contributed by atoms with Crippen molar-refractivity contribution < 1.29 is 19.2 Å². The molecule has 3 N–H and O–H groups in total. The number of imide groups is 2. The lowest BCUT2D eigenvalue weighted by molar-refractivity contribution is -0.136. The van der Waals surface area contributed by atoms with Gasteiger partial charge in [-0.25, -0.2) is 4.98 Å². The number of fused-ring (bicyclic) bond motifs is 1. The van der Waals surface area contributed by atoms with Gasteiger partial charge in [-0.1, -0.05) is 19.9 Å². The maximum absolute atomic E-state index is 13.1. The van der Waals surface area contributed by atoms with Gasteiger partial charge in [-0.2, -0.15) is 4.37 Å². The van der Waals surface area contributed by atoms with Gasteiger partial charge in [0.2, 0.25) is 16.9 Å². The van der Waals surface area contributed by atoms with Crippen LogP contribution in [0.1, 0.15) is 72.0 Å². The van der Waals surface area contributed by atoms with E-state index in [-0.39, 0.29) is 24.0 Å². The summed E-state index contributed by atoms with van der Waals surface area (Å²) in [5.74, 6) is -0.877. The fourth-order valence-electron chi connectivity index (χ4n) is 3.87. The molecule has 2 aliphatic heterocycles. The molecule has 11 heteroatoms. The van der Waals surface area contributed by atoms with Crippen molar-refractivity contribution in [2.75, 3.05) is 23.7 Å². The maximum Gasteiger partial charge on any atom is 0.264 e. The Morgan fingerprint density at radius 1 is 1.12 bits per heavy atom. The van der Waals surface area contributed by atoms with E-state index >= 15 is 0 Å². The monoisotopic (exact) mass is 470 g/mol. The number of rotatable bonds is 9. The second kappa shape index (κ2) is 9.65. The number of benzene rings is 1. The highest BCUT2D eigenvalue weighted by atomic mass is 32.1. The molecule has 0 radical (unpaired) electrons. The zero-order valence-corrected chi connectivity index (χ0v) is 19.3. The molecule has 3 heterocycles. The summed E-state index contributed by atoms with van der Waals surface area (Å²) in [4.78, 5) is 55.0. The fourth-order valence-corrected chi connectivity index (χ4v) is 4.60. The minimum absolute atomic E-state index is 0.0960. The van der Waals surface area contributed by atoms with E-state index in [0.29, 0.717) is 18.2 Å². The average Bonchev–Trinajstić information content (AvgIpc) is 3.35. The molecule has 1 saturated heterocycles. The molecule has 4 amide bonds. The second-order valence-electron chi connectivity index (χ2n) is 8.35. The Hall–Kier alpha value is -3.34. The Labute approximate surface area is 195 Å². The van der Waals surface area contributed by atoms with Crippen LogP contribution in [-0.2, 0) is 9.59 Å². The number of carbonyl (C=O) groups is 4. The van der Waals surface area contributed by atoms with Gasteiger partial charge in [0.15, 0.2) is 0 Å². The van der Waals surface area contributed by atoms with Crippen LogP contribution in [0.3, 0.4) is 0 Å². The van der Waals surface area contributed by atoms with Crippen LogP contribution in [0, 0.1) is 0 Å². The molecule has 1 fully saturated rings. The molecule has 174 valence electrons. The molecule has 4 rings (SSSR count). The summed E-state index contributed by atoms with van der Waals surface area (Å²) in [7, 11) is 0. The number of anilines is 2. The first-order valence-electron chi connectivity index (χ1n) is 11.0. The summed E-state index contributed by atoms with van der Waals surface area (Å²) >= 11 is 1.36. The number of aromatic nitrogens is 2. The molecule has 0 spiro atoms. The smallest absolute Gasteiger partial charge is 0.264 e. The normalized spacial score (nSPS) is 18.0. The first kappa shape index (κ1) is 22.8. The van der Waals surface area contributed by atoms with Gasteiger partial charge < -0.3 is 10.6 Å². The van der Waals surface area contributed by atoms with E-state index in [2.05, 4.69) is 39.2 Å². The third-order valence-electron chi connectivity index (χ3n) is 5.62. The fraction of sp³-hybridized carbons (Fsp3) is 0.455. The number of amides is 4. The molecule has 33 heavy (non-hydrogen) atoms. The molecule has 2 aromatic rings. The van der Waals surface area contributed by atoms with Gasteiger partial charge in [0.05, 0.1) is 11.1 Å². The molecular formula is C22H26N6O4S. The van der Waals surface area contributed by atoms with Crippen LogP contribution in [0.15, 0.2) is 18.2 Å². The lowest BCUT2D eigenvalue weighted by Gasteiger charge is -2.27. The summed E-state index contributed by atoms with van der Waals surface area (Å²) in [6.45, 7) is 5.48. The Morgan fingerprint density at radius 3 is 2.58 bits per heavy atom. The van der Waals surface area contributed by atoms with Gasteiger partial charge in [-0.05, 0) is 31.4 Å². The van der Waals surface area contributed by atoms with E-state index < -0.39 is 29.7 Å². The number of hydrogen-bond acceptors (Lipinski definition) is 9. The molecule has 0 aliphatic carbocycles. The van der Waals surface area contributed by atoms with Crippen LogP contribution in [0.4, 0.5) is 10.8 Å². The Morgan fingerprint density at radius 2 is 1.88 bits per heavy atom. The number of unbranched alkanes of at least 4 members (excludes halogenated alkanes) is 1.